The number of carbonyl (C=O) groups excluding carboxylic acids is 1. The van der Waals surface area contributed by atoms with E-state index in [1.165, 1.54) is 188 Å². The molecule has 2 heterocycles. The quantitative estimate of drug-likeness (QED) is 0.0717. The Kier molecular flexibility index (Phi) is 62.3. The second-order valence-electron chi connectivity index (χ2n) is 32.7. The second kappa shape index (κ2) is 70.7. The number of carbonyl (C=O) groups is 1. The fraction of sp³-hybridized carbons (Fsp3) is 0.310. The minimum atomic E-state index is -0.530. The molecule has 16 rings (SSSR count). The molecule has 3 aliphatic rings. The van der Waals surface area contributed by atoms with Gasteiger partial charge in [-0.15, -0.1) is 0 Å². The van der Waals surface area contributed by atoms with Gasteiger partial charge in [-0.2, -0.15) is 0 Å². The van der Waals surface area contributed by atoms with Crippen LogP contribution in [0.2, 0.25) is 0 Å². The molecular weight excluding hydrogens is 1870 g/mol. The van der Waals surface area contributed by atoms with E-state index in [0.717, 1.165) is 107 Å². The number of para-hydroxylation sites is 2. The molecule has 2 N–H and O–H groups in total. The molecule has 0 spiro atoms. The molecule has 0 unspecified atom stereocenters. The van der Waals surface area contributed by atoms with Crippen molar-refractivity contribution in [3.05, 3.63) is 431 Å². The van der Waals surface area contributed by atoms with Crippen molar-refractivity contribution in [1.29, 1.82) is 0 Å². The van der Waals surface area contributed by atoms with Crippen LogP contribution in [0.5, 0.6) is 23.0 Å². The van der Waals surface area contributed by atoms with E-state index in [4.69, 9.17) is 36.0 Å². The van der Waals surface area contributed by atoms with Crippen LogP contribution in [0.25, 0.3) is 4.85 Å². The first-order chi connectivity index (χ1) is 66.6. The number of methoxy groups -OCH3 is 4. The van der Waals surface area contributed by atoms with Crippen LogP contribution in [0.15, 0.2) is 271 Å². The third-order valence-electron chi connectivity index (χ3n) is 20.8. The number of halogens is 13. The zero-order valence-electron chi connectivity index (χ0n) is 84.3. The highest BCUT2D eigenvalue weighted by atomic mass is 79.9. The standard InChI is InChI=1S/C11H14FNO.C9H9FO2.C9H12O.C8H6FN.2C8H9FO.C8H10O.C7H6BrF.2C7H6F2.2C7H7F.C7H9N.C7H14.C6H13N/c1-9-2-3-10(12)8-11(9)13-4-6-14-7-5-13;1-6-3-4-7(5-8(6)10)9(11)12-2;1-3-10-9-7-5-4-6-8(9)2;2*1-6-3-4-7(10-2)5-8(6)9;1-6-3-4-7(9)5-8(6)10-2;1-7-5-3-4-6-8(7)9-2;1-5-2-3-6(8)4-7(5)9;1-5-4-6(8)2-3-7(5)9;1-5-2-3-6(8)4-7(5)9;1-6-2-4-7(8)5-3-6;1-6-4-2-3-5-7(6)8;1-6-3-2-4-7(8)5-6;2*1-7-5-3-2-4-6-7/h2-3,8H,4-7H2,1H3;3-5H,1-2H3;4-7H,3H2,1-2H3;3-5H,1H3;2*3-5H,1-2H3;3-6H,1-2H3;3*2-4H,1H3;2*2-5H,1H3;2-5H,8H2,1H3;7H,2-6H2,1H3;2-6H2,1H3. The number of esters is 1. The Morgan fingerprint density at radius 1 is 0.386 bits per heavy atom. The van der Waals surface area contributed by atoms with Gasteiger partial charge in [0.05, 0.1) is 60.4 Å². The summed E-state index contributed by atoms with van der Waals surface area (Å²) < 4.78 is 180. The number of hydrogen-bond donors (Lipinski definition) is 1. The molecule has 3 fully saturated rings. The summed E-state index contributed by atoms with van der Waals surface area (Å²) in [4.78, 5) is 18.5. The number of nitrogen functional groups attached to an aromatic ring is 1. The number of nitrogens with two attached hydrogens (primary N) is 1. The number of likely N-dealkylation sites (tertiary alicyclic amines) is 1. The first-order valence-corrected chi connectivity index (χ1v) is 46.5. The van der Waals surface area contributed by atoms with Gasteiger partial charge in [0.2, 0.25) is 0 Å². The SMILES string of the molecule is CC1CCCCC1.CCOc1ccccc1C.CN1CCCCC1.COC(=O)c1ccc(C)c(F)c1.COc1cc(F)ccc1C.COc1ccc(C)c(F)c1.COc1ccccc1C.Cc1cc(F)ccc1F.Cc1ccc(Br)cc1F.Cc1ccc(F)cc1.Cc1ccc(F)cc1F.Cc1ccc(F)cc1N1CCOCC1.Cc1cccc(N)c1.Cc1ccccc1F.[C-]#[N+]c1ccc(C)c(F)c1. The molecule has 140 heavy (non-hydrogen) atoms. The van der Waals surface area contributed by atoms with Gasteiger partial charge >= 0.3 is 5.97 Å². The molecule has 11 nitrogen and oxygen atoms in total. The van der Waals surface area contributed by atoms with E-state index in [0.29, 0.717) is 56.1 Å². The highest BCUT2D eigenvalue weighted by molar-refractivity contribution is 9.10. The van der Waals surface area contributed by atoms with E-state index in [2.05, 4.69) is 49.3 Å². The van der Waals surface area contributed by atoms with Gasteiger partial charge < -0.3 is 44.0 Å². The Bertz CT molecular complexity index is 5560. The van der Waals surface area contributed by atoms with Crippen molar-refractivity contribution in [2.45, 2.75) is 155 Å². The molecule has 1 aliphatic carbocycles. The lowest BCUT2D eigenvalue weighted by molar-refractivity contribution is 0.0600. The molecule has 1 saturated carbocycles. The van der Waals surface area contributed by atoms with Crippen molar-refractivity contribution < 1.29 is 85.9 Å². The summed E-state index contributed by atoms with van der Waals surface area (Å²) in [5, 5.41) is 0. The van der Waals surface area contributed by atoms with Crippen molar-refractivity contribution in [3.63, 3.8) is 0 Å². The predicted octanol–water partition coefficient (Wildman–Crippen LogP) is 32.2. The van der Waals surface area contributed by atoms with Crippen LogP contribution < -0.4 is 29.6 Å². The van der Waals surface area contributed by atoms with Gasteiger partial charge in [-0.1, -0.05) is 194 Å². The normalized spacial score (nSPS) is 11.8. The highest BCUT2D eigenvalue weighted by Crippen LogP contribution is 2.26. The van der Waals surface area contributed by atoms with Crippen molar-refractivity contribution >= 4 is 39.0 Å². The Hall–Kier alpha value is -12.8. The van der Waals surface area contributed by atoms with Crippen LogP contribution in [-0.2, 0) is 9.47 Å². The Morgan fingerprint density at radius 2 is 0.821 bits per heavy atom. The van der Waals surface area contributed by atoms with E-state index < -0.39 is 29.2 Å². The maximum Gasteiger partial charge on any atom is 0.337 e. The molecule has 13 aromatic carbocycles. The molecule has 0 aromatic heterocycles. The number of nitrogens with zero attached hydrogens (tertiary/aromatic N) is 3. The van der Waals surface area contributed by atoms with E-state index in [9.17, 15) is 57.5 Å². The summed E-state index contributed by atoms with van der Waals surface area (Å²) in [7, 11) is 8.19. The third-order valence-corrected chi connectivity index (χ3v) is 21.3. The monoisotopic (exact) mass is 2000 g/mol. The minimum Gasteiger partial charge on any atom is -0.497 e. The van der Waals surface area contributed by atoms with E-state index in [1.807, 2.05) is 139 Å². The minimum absolute atomic E-state index is 0.132. The maximum atomic E-state index is 13.0. The van der Waals surface area contributed by atoms with Crippen LogP contribution in [0.4, 0.5) is 69.7 Å². The van der Waals surface area contributed by atoms with Crippen LogP contribution in [-0.4, -0.2) is 92.4 Å². The highest BCUT2D eigenvalue weighted by Gasteiger charge is 2.15. The number of benzene rings is 13. The molecule has 2 aliphatic heterocycles. The number of aryl methyl sites for hydroxylation is 13. The zero-order chi connectivity index (χ0) is 105. The van der Waals surface area contributed by atoms with E-state index in [1.54, 1.807) is 121 Å². The lowest BCUT2D eigenvalue weighted by Crippen LogP contribution is -2.36. The maximum absolute atomic E-state index is 13.0. The predicted molar refractivity (Wildman–Crippen MR) is 552 cm³/mol. The molecule has 0 atom stereocenters. The van der Waals surface area contributed by atoms with Crippen molar-refractivity contribution in [1.82, 2.24) is 4.90 Å². The molecule has 13 aromatic rings. The van der Waals surface area contributed by atoms with Crippen molar-refractivity contribution in [2.24, 2.45) is 5.92 Å². The smallest absolute Gasteiger partial charge is 0.337 e. The summed E-state index contributed by atoms with van der Waals surface area (Å²) in [6, 6.07) is 71.6. The second-order valence-corrected chi connectivity index (χ2v) is 33.6. The van der Waals surface area contributed by atoms with E-state index in [-0.39, 0.29) is 52.1 Å². The number of ether oxygens (including phenoxy) is 6. The average molecular weight is 2010 g/mol. The van der Waals surface area contributed by atoms with Crippen LogP contribution in [0.1, 0.15) is 148 Å². The lowest BCUT2D eigenvalue weighted by atomic mass is 9.91. The molecule has 24 heteroatoms. The molecule has 0 bridgehead atoms. The lowest BCUT2D eigenvalue weighted by Gasteiger charge is -2.30. The Morgan fingerprint density at radius 3 is 1.22 bits per heavy atom. The number of anilines is 2. The summed E-state index contributed by atoms with van der Waals surface area (Å²) in [6.45, 7) is 41.0. The molecule has 2 saturated heterocycles. The van der Waals surface area contributed by atoms with Crippen LogP contribution in [0.3, 0.4) is 0 Å². The number of rotatable bonds is 7. The van der Waals surface area contributed by atoms with Crippen LogP contribution in [0, 0.1) is 172 Å². The van der Waals surface area contributed by atoms with Gasteiger partial charge in [0, 0.05) is 47.1 Å². The van der Waals surface area contributed by atoms with Crippen molar-refractivity contribution in [2.75, 3.05) is 92.1 Å². The average Bonchev–Trinajstić information content (AvgIpc) is 0.856. The topological polar surface area (TPSA) is 109 Å². The van der Waals surface area contributed by atoms with Gasteiger partial charge in [-0.05, 0) is 324 Å². The van der Waals surface area contributed by atoms with Gasteiger partial charge in [0.15, 0.2) is 5.69 Å². The first-order valence-electron chi connectivity index (χ1n) is 45.7. The van der Waals surface area contributed by atoms with E-state index >= 15 is 0 Å². The molecule has 0 radical (unpaired) electrons. The summed E-state index contributed by atoms with van der Waals surface area (Å²) >= 11 is 3.16. The fourth-order valence-electron chi connectivity index (χ4n) is 12.2. The summed E-state index contributed by atoms with van der Waals surface area (Å²) in [5.41, 5.74) is 18.5. The first kappa shape index (κ1) is 123. The van der Waals surface area contributed by atoms with Gasteiger partial charge in [-0.25, -0.2) is 62.3 Å². The van der Waals surface area contributed by atoms with Gasteiger partial charge in [0.1, 0.15) is 92.8 Å². The molecule has 0 amide bonds. The van der Waals surface area contributed by atoms with Crippen LogP contribution >= 0.6 is 15.9 Å². The number of hydrogen-bond acceptors (Lipinski definition) is 10. The largest absolute Gasteiger partial charge is 0.497 e. The Labute approximate surface area is 831 Å². The molecular formula is C116H137BrF12N4O7. The molecule has 754 valence electrons. The Balaban J connectivity index is 0.000000509. The van der Waals surface area contributed by atoms with Crippen molar-refractivity contribution in [3.8, 4) is 23.0 Å². The third kappa shape index (κ3) is 53.9. The summed E-state index contributed by atoms with van der Waals surface area (Å²) in [5.74, 6) is 0.0180. The number of piperidine rings is 1. The van der Waals surface area contributed by atoms with Gasteiger partial charge in [0.25, 0.3) is 0 Å². The zero-order valence-corrected chi connectivity index (χ0v) is 85.9. The van der Waals surface area contributed by atoms with Gasteiger partial charge in [-0.3, -0.25) is 0 Å². The summed E-state index contributed by atoms with van der Waals surface area (Å²) in [6.07, 6.45) is 11.7. The number of morpholine rings is 1. The fourth-order valence-corrected chi connectivity index (χ4v) is 12.6.